The van der Waals surface area contributed by atoms with Crippen molar-refractivity contribution in [2.24, 2.45) is 17.6 Å². The molecule has 16 heteroatoms. The molecule has 3 atom stereocenters. The Hall–Kier alpha value is -4.70. The minimum absolute atomic E-state index is 0.0461. The van der Waals surface area contributed by atoms with Gasteiger partial charge in [0.15, 0.2) is 12.4 Å². The van der Waals surface area contributed by atoms with Crippen molar-refractivity contribution in [2.45, 2.75) is 57.9 Å². The summed E-state index contributed by atoms with van der Waals surface area (Å²) in [5.41, 5.74) is 6.36. The number of piperidine rings is 1. The summed E-state index contributed by atoms with van der Waals surface area (Å²) < 4.78 is 66.2. The number of nitrogens with zero attached hydrogens (tertiary/aromatic N) is 5. The molecule has 0 spiro atoms. The van der Waals surface area contributed by atoms with Crippen LogP contribution in [0.15, 0.2) is 30.6 Å². The molecule has 3 aliphatic rings. The Morgan fingerprint density at radius 2 is 1.98 bits per heavy atom. The second-order valence-electron chi connectivity index (χ2n) is 13.4. The lowest BCUT2D eigenvalue weighted by atomic mass is 9.87. The van der Waals surface area contributed by atoms with Crippen LogP contribution in [0, 0.1) is 23.1 Å². The number of hydrogen-bond acceptors (Lipinski definition) is 10. The Labute approximate surface area is 285 Å². The van der Waals surface area contributed by atoms with Crippen LogP contribution in [0.1, 0.15) is 54.6 Å². The van der Waals surface area contributed by atoms with Crippen molar-refractivity contribution in [1.29, 1.82) is 5.41 Å². The van der Waals surface area contributed by atoms with Gasteiger partial charge in [-0.2, -0.15) is 13.2 Å². The third-order valence-electron chi connectivity index (χ3n) is 9.74. The van der Waals surface area contributed by atoms with Crippen LogP contribution in [-0.4, -0.2) is 88.5 Å². The van der Waals surface area contributed by atoms with E-state index in [0.29, 0.717) is 30.9 Å². The molecule has 0 radical (unpaired) electrons. The first kappa shape index (κ1) is 35.1. The Balaban J connectivity index is 1.42. The molecule has 12 nitrogen and oxygen atoms in total. The van der Waals surface area contributed by atoms with Crippen molar-refractivity contribution in [2.75, 3.05) is 43.1 Å². The Morgan fingerprint density at radius 3 is 2.58 bits per heavy atom. The van der Waals surface area contributed by atoms with Gasteiger partial charge in [0.05, 0.1) is 60.6 Å². The molecule has 2 aromatic heterocycles. The first-order valence-electron chi connectivity index (χ1n) is 16.3. The minimum Gasteiger partial charge on any atom is -0.482 e. The van der Waals surface area contributed by atoms with Crippen molar-refractivity contribution < 1.29 is 36.6 Å². The van der Waals surface area contributed by atoms with E-state index < -0.39 is 36.1 Å². The van der Waals surface area contributed by atoms with E-state index in [2.05, 4.69) is 39.0 Å². The van der Waals surface area contributed by atoms with Crippen LogP contribution >= 0.6 is 0 Å². The summed E-state index contributed by atoms with van der Waals surface area (Å²) in [6.07, 6.45) is -1.52. The van der Waals surface area contributed by atoms with Gasteiger partial charge in [-0.15, -0.1) is 0 Å². The first-order chi connectivity index (χ1) is 23.7. The van der Waals surface area contributed by atoms with Gasteiger partial charge in [0.2, 0.25) is 0 Å². The van der Waals surface area contributed by atoms with Crippen LogP contribution in [0.3, 0.4) is 0 Å². The molecular weight excluding hydrogens is 660 g/mol. The molecule has 2 fully saturated rings. The summed E-state index contributed by atoms with van der Waals surface area (Å²) in [6.45, 7) is 7.61. The molecule has 50 heavy (non-hydrogen) atoms. The minimum atomic E-state index is -4.57. The van der Waals surface area contributed by atoms with E-state index in [0.717, 1.165) is 38.6 Å². The number of carbonyl (C=O) groups excluding carboxylic acids is 2. The number of nitrogens with two attached hydrogens (primary N) is 1. The molecule has 3 aromatic rings. The van der Waals surface area contributed by atoms with Gasteiger partial charge >= 0.3 is 6.18 Å². The van der Waals surface area contributed by atoms with Crippen LogP contribution in [0.25, 0.3) is 11.1 Å². The van der Waals surface area contributed by atoms with Gasteiger partial charge in [0.1, 0.15) is 17.4 Å². The molecule has 0 saturated carbocycles. The van der Waals surface area contributed by atoms with Crippen LogP contribution in [0.5, 0.6) is 5.75 Å². The van der Waals surface area contributed by atoms with E-state index in [4.69, 9.17) is 20.6 Å². The number of benzene rings is 1. The number of amides is 2. The van der Waals surface area contributed by atoms with E-state index >= 15 is 0 Å². The molecule has 3 aliphatic heterocycles. The smallest absolute Gasteiger partial charge is 0.391 e. The third-order valence-corrected chi connectivity index (χ3v) is 9.74. The molecule has 6 rings (SSSR count). The van der Waals surface area contributed by atoms with Gasteiger partial charge in [-0.05, 0) is 37.0 Å². The average Bonchev–Trinajstić information content (AvgIpc) is 3.05. The fourth-order valence-corrected chi connectivity index (χ4v) is 6.72. The highest BCUT2D eigenvalue weighted by atomic mass is 19.4. The number of rotatable bonds is 10. The molecule has 0 bridgehead atoms. The molecule has 1 unspecified atom stereocenters. The number of halogens is 4. The lowest BCUT2D eigenvalue weighted by Crippen LogP contribution is -2.64. The number of hydrogen-bond donors (Lipinski definition) is 3. The summed E-state index contributed by atoms with van der Waals surface area (Å²) in [5.74, 6) is -3.23. The lowest BCUT2D eigenvalue weighted by molar-refractivity contribution is -0.169. The van der Waals surface area contributed by atoms with Crippen LogP contribution in [-0.2, 0) is 22.5 Å². The van der Waals surface area contributed by atoms with Crippen molar-refractivity contribution in [3.05, 3.63) is 59.1 Å². The number of carbonyl (C=O) groups is 2. The number of aromatic nitrogens is 3. The number of alkyl halides is 3. The van der Waals surface area contributed by atoms with Crippen LogP contribution in [0.2, 0.25) is 0 Å². The summed E-state index contributed by atoms with van der Waals surface area (Å²) in [6, 6.07) is 4.52. The maximum Gasteiger partial charge on any atom is 0.391 e. The largest absolute Gasteiger partial charge is 0.482 e. The summed E-state index contributed by atoms with van der Waals surface area (Å²) >= 11 is 0. The van der Waals surface area contributed by atoms with Gasteiger partial charge in [-0.3, -0.25) is 19.4 Å². The highest BCUT2D eigenvalue weighted by Gasteiger charge is 2.43. The second-order valence-corrected chi connectivity index (χ2v) is 13.4. The highest BCUT2D eigenvalue weighted by Crippen LogP contribution is 2.42. The predicted molar refractivity (Wildman–Crippen MR) is 176 cm³/mol. The van der Waals surface area contributed by atoms with Crippen molar-refractivity contribution in [3.8, 4) is 16.9 Å². The number of nitrogens with one attached hydrogen (secondary N) is 2. The zero-order valence-corrected chi connectivity index (χ0v) is 27.8. The zero-order chi connectivity index (χ0) is 36.0. The molecule has 0 aliphatic carbocycles. The van der Waals surface area contributed by atoms with Crippen LogP contribution < -0.4 is 20.7 Å². The normalized spacial score (nSPS) is 21.1. The Morgan fingerprint density at radius 1 is 1.26 bits per heavy atom. The number of fused-ring (bicyclic) bond motifs is 1. The quantitative estimate of drug-likeness (QED) is 0.207. The van der Waals surface area contributed by atoms with Crippen molar-refractivity contribution >= 4 is 29.5 Å². The van der Waals surface area contributed by atoms with E-state index in [1.54, 1.807) is 12.1 Å². The molecule has 266 valence electrons. The molecule has 2 amide bonds. The molecule has 5 heterocycles. The number of anilines is 2. The van der Waals surface area contributed by atoms with Gasteiger partial charge in [0.25, 0.3) is 11.8 Å². The fourth-order valence-electron chi connectivity index (χ4n) is 6.72. The monoisotopic (exact) mass is 698 g/mol. The molecule has 1 aromatic carbocycles. The average molecular weight is 699 g/mol. The number of pyridine rings is 1. The van der Waals surface area contributed by atoms with Crippen molar-refractivity contribution in [1.82, 2.24) is 19.9 Å². The third kappa shape index (κ3) is 6.86. The summed E-state index contributed by atoms with van der Waals surface area (Å²) in [5, 5.41) is 11.9. The Bertz CT molecular complexity index is 1800. The predicted octanol–water partition coefficient (Wildman–Crippen LogP) is 4.35. The van der Waals surface area contributed by atoms with Crippen molar-refractivity contribution in [3.63, 3.8) is 0 Å². The SMILES string of the molecule is CC(Cc1nc(N[C@@H]2CCN(C3(C)COC3)C[C@H]2C)c(C=N)c(-c2ccc3c(c2)OCC(=O)N3Cc2ncc(F)cn2)c1C(N)=O)C(F)(F)F. The highest BCUT2D eigenvalue weighted by molar-refractivity contribution is 6.08. The Kier molecular flexibility index (Phi) is 9.52. The standard InChI is InChI=1S/C34H38F4N8O4/c1-18-13-45(33(3)16-49-17-33)7-6-23(18)43-32-22(10-39)29(30(31(40)48)24(44-32)8-19(2)34(36,37)38)20-4-5-25-26(9-20)50-15-28(47)46(25)14-27-41-11-21(35)12-42-27/h4-5,9-12,18-19,23,39H,6-8,13-17H2,1-3H3,(H2,40,48)(H,43,44)/t18-,19?,23-/m1/s1. The van der Waals surface area contributed by atoms with E-state index in [-0.39, 0.29) is 70.4 Å². The van der Waals surface area contributed by atoms with E-state index in [1.165, 1.54) is 11.0 Å². The molecule has 2 saturated heterocycles. The number of ether oxygens (including phenoxy) is 2. The van der Waals surface area contributed by atoms with Gasteiger partial charge in [-0.1, -0.05) is 19.9 Å². The van der Waals surface area contributed by atoms with Gasteiger partial charge in [-0.25, -0.2) is 19.3 Å². The molecule has 4 N–H and O–H groups in total. The van der Waals surface area contributed by atoms with Gasteiger partial charge in [0, 0.05) is 42.9 Å². The van der Waals surface area contributed by atoms with E-state index in [1.807, 2.05) is 0 Å². The number of likely N-dealkylation sites (tertiary alicyclic amines) is 1. The fraction of sp³-hybridized carbons (Fsp3) is 0.471. The van der Waals surface area contributed by atoms with E-state index in [9.17, 15) is 27.2 Å². The molecular formula is C34H38F4N8O4. The first-order valence-corrected chi connectivity index (χ1v) is 16.3. The summed E-state index contributed by atoms with van der Waals surface area (Å²) in [7, 11) is 0. The van der Waals surface area contributed by atoms with Crippen LogP contribution in [0.4, 0.5) is 29.1 Å². The zero-order valence-electron chi connectivity index (χ0n) is 27.8. The maximum atomic E-state index is 13.9. The van der Waals surface area contributed by atoms with Gasteiger partial charge < -0.3 is 25.9 Å². The maximum absolute atomic E-state index is 13.9. The lowest BCUT2D eigenvalue weighted by Gasteiger charge is -2.51. The number of primary amides is 1. The second kappa shape index (κ2) is 13.5. The summed E-state index contributed by atoms with van der Waals surface area (Å²) in [4.78, 5) is 42.2. The topological polar surface area (TPSA) is 160 Å².